The van der Waals surface area contributed by atoms with Gasteiger partial charge in [-0.05, 0) is 35.9 Å². The van der Waals surface area contributed by atoms with E-state index in [-0.39, 0.29) is 23.1 Å². The number of rotatable bonds is 7. The number of nitrogens with two attached hydrogens (primary N) is 1. The van der Waals surface area contributed by atoms with Crippen LogP contribution < -0.4 is 15.2 Å². The first-order valence-electron chi connectivity index (χ1n) is 8.10. The van der Waals surface area contributed by atoms with Crippen molar-refractivity contribution in [2.24, 2.45) is 5.14 Å². The molecule has 0 aliphatic carbocycles. The third-order valence-electron chi connectivity index (χ3n) is 3.81. The van der Waals surface area contributed by atoms with Crippen molar-refractivity contribution >= 4 is 15.8 Å². The maximum atomic E-state index is 13.6. The predicted molar refractivity (Wildman–Crippen MR) is 100 cm³/mol. The number of hydrogen-bond acceptors (Lipinski definition) is 5. The lowest BCUT2D eigenvalue weighted by Gasteiger charge is -2.10. The summed E-state index contributed by atoms with van der Waals surface area (Å²) < 4.78 is 42.3. The van der Waals surface area contributed by atoms with Gasteiger partial charge in [-0.1, -0.05) is 30.3 Å². The SMILES string of the molecule is NS(=O)(=O)c1cccnc1NCc1ccc(OCc2ccccc2F)cc1. The molecule has 0 spiro atoms. The highest BCUT2D eigenvalue weighted by Gasteiger charge is 2.14. The van der Waals surface area contributed by atoms with Gasteiger partial charge in [0.05, 0.1) is 0 Å². The fourth-order valence-corrected chi connectivity index (χ4v) is 3.08. The Morgan fingerprint density at radius 2 is 1.78 bits per heavy atom. The summed E-state index contributed by atoms with van der Waals surface area (Å²) in [5.41, 5.74) is 1.37. The van der Waals surface area contributed by atoms with E-state index in [9.17, 15) is 12.8 Å². The molecule has 0 saturated heterocycles. The molecule has 3 N–H and O–H groups in total. The highest BCUT2D eigenvalue weighted by Crippen LogP contribution is 2.19. The Kier molecular flexibility index (Phi) is 5.68. The van der Waals surface area contributed by atoms with Crippen molar-refractivity contribution < 1.29 is 17.5 Å². The van der Waals surface area contributed by atoms with Crippen molar-refractivity contribution in [3.05, 3.63) is 83.8 Å². The smallest absolute Gasteiger partial charge is 0.241 e. The van der Waals surface area contributed by atoms with Crippen LogP contribution in [0.15, 0.2) is 71.8 Å². The molecule has 140 valence electrons. The van der Waals surface area contributed by atoms with Crippen LogP contribution in [0.4, 0.5) is 10.2 Å². The van der Waals surface area contributed by atoms with Crippen molar-refractivity contribution in [1.82, 2.24) is 4.98 Å². The molecule has 1 heterocycles. The van der Waals surface area contributed by atoms with E-state index in [2.05, 4.69) is 10.3 Å². The lowest BCUT2D eigenvalue weighted by Crippen LogP contribution is -2.15. The van der Waals surface area contributed by atoms with Crippen molar-refractivity contribution in [3.8, 4) is 5.75 Å². The molecule has 0 bridgehead atoms. The van der Waals surface area contributed by atoms with Crippen LogP contribution in [0.3, 0.4) is 0 Å². The Morgan fingerprint density at radius 1 is 1.04 bits per heavy atom. The van der Waals surface area contributed by atoms with Gasteiger partial charge in [0.15, 0.2) is 0 Å². The average molecular weight is 387 g/mol. The fourth-order valence-electron chi connectivity index (χ4n) is 2.42. The molecular formula is C19H18FN3O3S. The van der Waals surface area contributed by atoms with E-state index < -0.39 is 10.0 Å². The molecule has 1 aromatic heterocycles. The van der Waals surface area contributed by atoms with Gasteiger partial charge >= 0.3 is 0 Å². The molecule has 2 aromatic carbocycles. The zero-order valence-corrected chi connectivity index (χ0v) is 15.1. The molecule has 3 rings (SSSR count). The van der Waals surface area contributed by atoms with E-state index in [1.54, 1.807) is 30.3 Å². The van der Waals surface area contributed by atoms with Crippen LogP contribution in [-0.2, 0) is 23.2 Å². The molecule has 8 heteroatoms. The summed E-state index contributed by atoms with van der Waals surface area (Å²) in [6.45, 7) is 0.489. The molecule has 0 aliphatic rings. The molecule has 0 atom stereocenters. The molecule has 0 amide bonds. The van der Waals surface area contributed by atoms with Gasteiger partial charge in [-0.3, -0.25) is 0 Å². The summed E-state index contributed by atoms with van der Waals surface area (Å²) in [7, 11) is -3.86. The summed E-state index contributed by atoms with van der Waals surface area (Å²) in [4.78, 5) is 3.96. The molecule has 6 nitrogen and oxygen atoms in total. The third kappa shape index (κ3) is 5.02. The molecule has 0 unspecified atom stereocenters. The van der Waals surface area contributed by atoms with E-state index in [1.807, 2.05) is 12.1 Å². The number of primary sulfonamides is 1. The number of anilines is 1. The van der Waals surface area contributed by atoms with Gasteiger partial charge < -0.3 is 10.1 Å². The summed E-state index contributed by atoms with van der Waals surface area (Å²) in [6.07, 6.45) is 1.48. The van der Waals surface area contributed by atoms with Gasteiger partial charge in [0, 0.05) is 18.3 Å². The quantitative estimate of drug-likeness (QED) is 0.650. The molecule has 0 fully saturated rings. The largest absolute Gasteiger partial charge is 0.489 e. The fraction of sp³-hybridized carbons (Fsp3) is 0.105. The number of ether oxygens (including phenoxy) is 1. The maximum Gasteiger partial charge on any atom is 0.241 e. The monoisotopic (exact) mass is 387 g/mol. The Hall–Kier alpha value is -2.97. The van der Waals surface area contributed by atoms with Crippen LogP contribution in [-0.4, -0.2) is 13.4 Å². The van der Waals surface area contributed by atoms with Gasteiger partial charge in [-0.2, -0.15) is 0 Å². The molecule has 27 heavy (non-hydrogen) atoms. The van der Waals surface area contributed by atoms with E-state index in [4.69, 9.17) is 9.88 Å². The number of pyridine rings is 1. The number of nitrogens with zero attached hydrogens (tertiary/aromatic N) is 1. The minimum Gasteiger partial charge on any atom is -0.489 e. The van der Waals surface area contributed by atoms with Crippen molar-refractivity contribution in [2.75, 3.05) is 5.32 Å². The Bertz CT molecular complexity index is 1020. The standard InChI is InChI=1S/C19H18FN3O3S/c20-17-5-2-1-4-15(17)13-26-16-9-7-14(8-10-16)12-23-19-18(27(21,24)25)6-3-11-22-19/h1-11H,12-13H2,(H,22,23)(H2,21,24,25). The highest BCUT2D eigenvalue weighted by molar-refractivity contribution is 7.89. The maximum absolute atomic E-state index is 13.6. The normalized spacial score (nSPS) is 11.2. The number of aromatic nitrogens is 1. The lowest BCUT2D eigenvalue weighted by molar-refractivity contribution is 0.300. The summed E-state index contributed by atoms with van der Waals surface area (Å²) in [5.74, 6) is 0.490. The zero-order chi connectivity index (χ0) is 19.3. The Balaban J connectivity index is 1.61. The van der Waals surface area contributed by atoms with Gasteiger partial charge in [0.1, 0.15) is 28.9 Å². The van der Waals surface area contributed by atoms with Crippen LogP contribution >= 0.6 is 0 Å². The van der Waals surface area contributed by atoms with Gasteiger partial charge in [-0.25, -0.2) is 22.9 Å². The predicted octanol–water partition coefficient (Wildman–Crippen LogP) is 3.06. The molecule has 3 aromatic rings. The van der Waals surface area contributed by atoms with Crippen LogP contribution in [0.2, 0.25) is 0 Å². The number of halogens is 1. The van der Waals surface area contributed by atoms with Crippen LogP contribution in [0, 0.1) is 5.82 Å². The number of sulfonamides is 1. The van der Waals surface area contributed by atoms with Crippen molar-refractivity contribution in [3.63, 3.8) is 0 Å². The molecule has 0 saturated carbocycles. The number of nitrogens with one attached hydrogen (secondary N) is 1. The van der Waals surface area contributed by atoms with Gasteiger partial charge in [-0.15, -0.1) is 0 Å². The van der Waals surface area contributed by atoms with Gasteiger partial charge in [0.2, 0.25) is 10.0 Å². The summed E-state index contributed by atoms with van der Waals surface area (Å²) in [5, 5.41) is 8.15. The minimum atomic E-state index is -3.86. The second-order valence-electron chi connectivity index (χ2n) is 5.77. The third-order valence-corrected chi connectivity index (χ3v) is 4.76. The van der Waals surface area contributed by atoms with E-state index in [1.165, 1.54) is 24.4 Å². The van der Waals surface area contributed by atoms with Crippen LogP contribution in [0.25, 0.3) is 0 Å². The average Bonchev–Trinajstić information content (AvgIpc) is 2.66. The second-order valence-corrected chi connectivity index (χ2v) is 7.30. The number of benzene rings is 2. The molecular weight excluding hydrogens is 369 g/mol. The van der Waals surface area contributed by atoms with E-state index >= 15 is 0 Å². The molecule has 0 radical (unpaired) electrons. The van der Waals surface area contributed by atoms with Crippen molar-refractivity contribution in [2.45, 2.75) is 18.0 Å². The molecule has 0 aliphatic heterocycles. The van der Waals surface area contributed by atoms with Crippen molar-refractivity contribution in [1.29, 1.82) is 0 Å². The second kappa shape index (κ2) is 8.15. The first-order valence-corrected chi connectivity index (χ1v) is 9.65. The number of hydrogen-bond donors (Lipinski definition) is 2. The zero-order valence-electron chi connectivity index (χ0n) is 14.3. The first kappa shape index (κ1) is 18.8. The Morgan fingerprint density at radius 3 is 2.48 bits per heavy atom. The topological polar surface area (TPSA) is 94.3 Å². The lowest BCUT2D eigenvalue weighted by atomic mass is 10.2. The van der Waals surface area contributed by atoms with Gasteiger partial charge in [0.25, 0.3) is 0 Å². The summed E-state index contributed by atoms with van der Waals surface area (Å²) in [6, 6.07) is 16.5. The summed E-state index contributed by atoms with van der Waals surface area (Å²) >= 11 is 0. The first-order chi connectivity index (χ1) is 12.9. The highest BCUT2D eigenvalue weighted by atomic mass is 32.2. The van der Waals surface area contributed by atoms with Crippen LogP contribution in [0.1, 0.15) is 11.1 Å². The van der Waals surface area contributed by atoms with E-state index in [0.29, 0.717) is 17.9 Å². The van der Waals surface area contributed by atoms with Crippen LogP contribution in [0.5, 0.6) is 5.75 Å². The van der Waals surface area contributed by atoms with E-state index in [0.717, 1.165) is 5.56 Å². The minimum absolute atomic E-state index is 0.0603. The Labute approximate surface area is 156 Å².